The van der Waals surface area contributed by atoms with Crippen LogP contribution in [0, 0.1) is 13.8 Å². The number of alkyl halides is 2. The fraction of sp³-hybridized carbons (Fsp3) is 0.412. The molecule has 0 aromatic carbocycles. The molecule has 1 aliphatic carbocycles. The molecule has 1 amide bonds. The van der Waals surface area contributed by atoms with Gasteiger partial charge in [-0.1, -0.05) is 0 Å². The third-order valence-corrected chi connectivity index (χ3v) is 4.67. The van der Waals surface area contributed by atoms with Crippen molar-refractivity contribution in [3.05, 3.63) is 40.6 Å². The highest BCUT2D eigenvalue weighted by Gasteiger charge is 2.28. The second-order valence-electron chi connectivity index (χ2n) is 6.60. The van der Waals surface area contributed by atoms with Crippen LogP contribution in [0.25, 0.3) is 5.65 Å². The van der Waals surface area contributed by atoms with Crippen molar-refractivity contribution in [2.45, 2.75) is 39.0 Å². The summed E-state index contributed by atoms with van der Waals surface area (Å²) in [6.45, 7) is 3.61. The summed E-state index contributed by atoms with van der Waals surface area (Å²) < 4.78 is 29.6. The molecule has 136 valence electrons. The maximum atomic E-state index is 13.4. The zero-order valence-corrected chi connectivity index (χ0v) is 14.6. The van der Waals surface area contributed by atoms with E-state index < -0.39 is 12.3 Å². The number of aryl methyl sites for hydroxylation is 2. The van der Waals surface area contributed by atoms with Crippen LogP contribution in [0.15, 0.2) is 12.1 Å². The van der Waals surface area contributed by atoms with Crippen LogP contribution in [0.3, 0.4) is 0 Å². The van der Waals surface area contributed by atoms with Gasteiger partial charge in [0.25, 0.3) is 12.3 Å². The van der Waals surface area contributed by atoms with Gasteiger partial charge in [-0.15, -0.1) is 0 Å². The molecular formula is C17H18F2N6O. The van der Waals surface area contributed by atoms with Crippen LogP contribution in [0.5, 0.6) is 0 Å². The van der Waals surface area contributed by atoms with E-state index in [4.69, 9.17) is 0 Å². The Balaban J connectivity index is 1.72. The fourth-order valence-electron chi connectivity index (χ4n) is 3.00. The van der Waals surface area contributed by atoms with Crippen LogP contribution < -0.4 is 5.32 Å². The molecule has 0 spiro atoms. The summed E-state index contributed by atoms with van der Waals surface area (Å²) in [7, 11) is 1.78. The lowest BCUT2D eigenvalue weighted by atomic mass is 10.2. The van der Waals surface area contributed by atoms with Gasteiger partial charge in [0.05, 0.1) is 17.1 Å². The van der Waals surface area contributed by atoms with Crippen molar-refractivity contribution in [3.63, 3.8) is 0 Å². The van der Waals surface area contributed by atoms with E-state index in [2.05, 4.69) is 20.5 Å². The minimum atomic E-state index is -2.70. The zero-order valence-electron chi connectivity index (χ0n) is 14.6. The Kier molecular flexibility index (Phi) is 3.74. The molecule has 0 bridgehead atoms. The Hall–Kier alpha value is -2.84. The van der Waals surface area contributed by atoms with Gasteiger partial charge < -0.3 is 5.32 Å². The van der Waals surface area contributed by atoms with Crippen LogP contribution in [0.1, 0.15) is 58.4 Å². The third kappa shape index (κ3) is 2.73. The monoisotopic (exact) mass is 360 g/mol. The molecule has 0 aliphatic heterocycles. The van der Waals surface area contributed by atoms with Crippen molar-refractivity contribution in [3.8, 4) is 0 Å². The topological polar surface area (TPSA) is 77.1 Å². The molecule has 3 heterocycles. The van der Waals surface area contributed by atoms with Gasteiger partial charge >= 0.3 is 0 Å². The summed E-state index contributed by atoms with van der Waals surface area (Å²) in [5, 5.41) is 11.1. The number of amides is 1. The minimum Gasteiger partial charge on any atom is -0.317 e. The number of carbonyl (C=O) groups is 1. The van der Waals surface area contributed by atoms with E-state index in [0.717, 1.165) is 23.1 Å². The Morgan fingerprint density at radius 3 is 2.58 bits per heavy atom. The molecule has 3 aromatic heterocycles. The van der Waals surface area contributed by atoms with E-state index in [9.17, 15) is 13.6 Å². The second-order valence-corrected chi connectivity index (χ2v) is 6.60. The first-order valence-electron chi connectivity index (χ1n) is 8.35. The van der Waals surface area contributed by atoms with Gasteiger partial charge in [-0.2, -0.15) is 10.2 Å². The molecule has 9 heteroatoms. The Morgan fingerprint density at radius 1 is 1.27 bits per heavy atom. The van der Waals surface area contributed by atoms with E-state index in [-0.39, 0.29) is 23.0 Å². The Bertz CT molecular complexity index is 1020. The van der Waals surface area contributed by atoms with Crippen molar-refractivity contribution in [1.82, 2.24) is 24.4 Å². The van der Waals surface area contributed by atoms with Crippen LogP contribution in [0.4, 0.5) is 14.5 Å². The number of carbonyl (C=O) groups excluding carboxylic acids is 1. The summed E-state index contributed by atoms with van der Waals surface area (Å²) in [4.78, 5) is 17.0. The van der Waals surface area contributed by atoms with Crippen molar-refractivity contribution < 1.29 is 13.6 Å². The average Bonchev–Trinajstić information content (AvgIpc) is 3.31. The van der Waals surface area contributed by atoms with Gasteiger partial charge in [0.1, 0.15) is 5.69 Å². The molecule has 1 N–H and O–H groups in total. The number of halogens is 2. The van der Waals surface area contributed by atoms with E-state index >= 15 is 0 Å². The molecular weight excluding hydrogens is 342 g/mol. The van der Waals surface area contributed by atoms with Crippen molar-refractivity contribution in [1.29, 1.82) is 0 Å². The number of anilines is 1. The van der Waals surface area contributed by atoms with E-state index in [0.29, 0.717) is 17.1 Å². The highest BCUT2D eigenvalue weighted by atomic mass is 19.3. The number of nitrogens with zero attached hydrogens (tertiary/aromatic N) is 5. The predicted octanol–water partition coefficient (Wildman–Crippen LogP) is 3.15. The zero-order chi connectivity index (χ0) is 18.6. The summed E-state index contributed by atoms with van der Waals surface area (Å²) >= 11 is 0. The Labute approximate surface area is 148 Å². The van der Waals surface area contributed by atoms with Crippen molar-refractivity contribution in [2.75, 3.05) is 5.32 Å². The molecule has 3 aromatic rings. The molecule has 4 rings (SSSR count). The minimum absolute atomic E-state index is 0.0370. The van der Waals surface area contributed by atoms with E-state index in [1.54, 1.807) is 18.7 Å². The van der Waals surface area contributed by atoms with Gasteiger partial charge in [0.15, 0.2) is 11.3 Å². The van der Waals surface area contributed by atoms with Crippen molar-refractivity contribution in [2.24, 2.45) is 7.05 Å². The van der Waals surface area contributed by atoms with Gasteiger partial charge in [0.2, 0.25) is 0 Å². The summed E-state index contributed by atoms with van der Waals surface area (Å²) in [6.07, 6.45) is -0.795. The second kappa shape index (κ2) is 5.86. The molecule has 1 fully saturated rings. The SMILES string of the molecule is Cc1nn(C)c(C)c1NC(=O)c1cc2nc(C3CC3)cc(C(F)F)n2n1. The fourth-order valence-corrected chi connectivity index (χ4v) is 3.00. The van der Waals surface area contributed by atoms with Gasteiger partial charge in [-0.3, -0.25) is 9.48 Å². The predicted molar refractivity (Wildman–Crippen MR) is 90.6 cm³/mol. The maximum Gasteiger partial charge on any atom is 0.280 e. The lowest BCUT2D eigenvalue weighted by Crippen LogP contribution is -2.14. The van der Waals surface area contributed by atoms with Crippen LogP contribution >= 0.6 is 0 Å². The maximum absolute atomic E-state index is 13.4. The highest BCUT2D eigenvalue weighted by molar-refractivity contribution is 6.04. The molecule has 1 saturated carbocycles. The molecule has 7 nitrogen and oxygen atoms in total. The summed E-state index contributed by atoms with van der Waals surface area (Å²) in [6, 6.07) is 2.83. The average molecular weight is 360 g/mol. The number of hydrogen-bond acceptors (Lipinski definition) is 4. The molecule has 0 radical (unpaired) electrons. The number of hydrogen-bond donors (Lipinski definition) is 1. The molecule has 26 heavy (non-hydrogen) atoms. The normalized spacial score (nSPS) is 14.4. The lowest BCUT2D eigenvalue weighted by Gasteiger charge is -2.06. The van der Waals surface area contributed by atoms with Crippen LogP contribution in [-0.2, 0) is 7.05 Å². The van der Waals surface area contributed by atoms with Gasteiger partial charge in [-0.05, 0) is 32.8 Å². The van der Waals surface area contributed by atoms with Gasteiger partial charge in [0, 0.05) is 24.7 Å². The molecule has 0 atom stereocenters. The first kappa shape index (κ1) is 16.6. The Morgan fingerprint density at radius 2 is 2.00 bits per heavy atom. The van der Waals surface area contributed by atoms with E-state index in [1.165, 1.54) is 12.1 Å². The van der Waals surface area contributed by atoms with E-state index in [1.807, 2.05) is 6.92 Å². The number of fused-ring (bicyclic) bond motifs is 1. The van der Waals surface area contributed by atoms with Crippen LogP contribution in [0.2, 0.25) is 0 Å². The largest absolute Gasteiger partial charge is 0.317 e. The third-order valence-electron chi connectivity index (χ3n) is 4.67. The standard InChI is InChI=1S/C17H18F2N6O/c1-8-15(9(2)24(3)22-8)21-17(26)12-7-14-20-11(10-4-5-10)6-13(16(18)19)25(14)23-12/h6-7,10,16H,4-5H2,1-3H3,(H,21,26). The number of aromatic nitrogens is 5. The lowest BCUT2D eigenvalue weighted by molar-refractivity contribution is 0.102. The first-order chi connectivity index (χ1) is 12.3. The van der Waals surface area contributed by atoms with Gasteiger partial charge in [-0.25, -0.2) is 18.3 Å². The molecule has 1 aliphatic rings. The van der Waals surface area contributed by atoms with Crippen molar-refractivity contribution >= 4 is 17.2 Å². The highest BCUT2D eigenvalue weighted by Crippen LogP contribution is 2.40. The smallest absolute Gasteiger partial charge is 0.280 e. The number of rotatable bonds is 4. The first-order valence-corrected chi connectivity index (χ1v) is 8.35. The van der Waals surface area contributed by atoms with Crippen LogP contribution in [-0.4, -0.2) is 30.3 Å². The quantitative estimate of drug-likeness (QED) is 0.775. The summed E-state index contributed by atoms with van der Waals surface area (Å²) in [5.74, 6) is -0.256. The molecule has 0 saturated heterocycles. The summed E-state index contributed by atoms with van der Waals surface area (Å²) in [5.41, 5.74) is 2.75. The number of nitrogens with one attached hydrogen (secondary N) is 1. The molecule has 0 unspecified atom stereocenters.